The standard InChI is InChI=1S/C12H24/c1-6-7-11(4)9-12(5)8-10(2)3/h9-10,12H,6-8H2,1-5H3. The lowest BCUT2D eigenvalue weighted by molar-refractivity contribution is 0.500. The van der Waals surface area contributed by atoms with E-state index in [9.17, 15) is 0 Å². The number of hydrogen-bond acceptors (Lipinski definition) is 0. The normalized spacial score (nSPS) is 15.3. The average Bonchev–Trinajstić information content (AvgIpc) is 1.84. The molecule has 0 amide bonds. The Labute approximate surface area is 78.1 Å². The summed E-state index contributed by atoms with van der Waals surface area (Å²) in [6.45, 7) is 11.4. The van der Waals surface area contributed by atoms with Crippen LogP contribution in [0.15, 0.2) is 11.6 Å². The molecule has 0 heterocycles. The molecular formula is C12H24. The highest BCUT2D eigenvalue weighted by Gasteiger charge is 2.01. The molecule has 0 aliphatic rings. The highest BCUT2D eigenvalue weighted by Crippen LogP contribution is 2.15. The van der Waals surface area contributed by atoms with Gasteiger partial charge in [-0.25, -0.2) is 0 Å². The van der Waals surface area contributed by atoms with Crippen LogP contribution in [0.4, 0.5) is 0 Å². The van der Waals surface area contributed by atoms with Gasteiger partial charge in [-0.15, -0.1) is 0 Å². The fourth-order valence-corrected chi connectivity index (χ4v) is 1.77. The second-order valence-electron chi connectivity index (χ2n) is 4.37. The lowest BCUT2D eigenvalue weighted by Crippen LogP contribution is -1.97. The van der Waals surface area contributed by atoms with E-state index < -0.39 is 0 Å². The Morgan fingerprint density at radius 1 is 1.25 bits per heavy atom. The van der Waals surface area contributed by atoms with E-state index in [1.165, 1.54) is 19.3 Å². The Bertz CT molecular complexity index is 131. The molecule has 0 aliphatic heterocycles. The first kappa shape index (κ1) is 11.7. The number of hydrogen-bond donors (Lipinski definition) is 0. The fraction of sp³-hybridized carbons (Fsp3) is 0.833. The molecule has 0 aromatic carbocycles. The monoisotopic (exact) mass is 168 g/mol. The van der Waals surface area contributed by atoms with Gasteiger partial charge in [0, 0.05) is 0 Å². The molecule has 0 aromatic heterocycles. The van der Waals surface area contributed by atoms with Crippen LogP contribution in [0.25, 0.3) is 0 Å². The summed E-state index contributed by atoms with van der Waals surface area (Å²) in [4.78, 5) is 0. The highest BCUT2D eigenvalue weighted by atomic mass is 14.1. The maximum Gasteiger partial charge on any atom is -0.0257 e. The minimum absolute atomic E-state index is 0.761. The summed E-state index contributed by atoms with van der Waals surface area (Å²) in [5, 5.41) is 0. The highest BCUT2D eigenvalue weighted by molar-refractivity contribution is 4.99. The van der Waals surface area contributed by atoms with Gasteiger partial charge in [-0.05, 0) is 31.6 Å². The van der Waals surface area contributed by atoms with Gasteiger partial charge in [0.05, 0.1) is 0 Å². The quantitative estimate of drug-likeness (QED) is 0.533. The van der Waals surface area contributed by atoms with Crippen molar-refractivity contribution in [2.24, 2.45) is 11.8 Å². The zero-order valence-corrected chi connectivity index (χ0v) is 9.35. The minimum atomic E-state index is 0.761. The fourth-order valence-electron chi connectivity index (χ4n) is 1.77. The Morgan fingerprint density at radius 2 is 1.83 bits per heavy atom. The molecule has 0 nitrogen and oxygen atoms in total. The van der Waals surface area contributed by atoms with Crippen LogP contribution in [0.3, 0.4) is 0 Å². The summed E-state index contributed by atoms with van der Waals surface area (Å²) in [7, 11) is 0. The van der Waals surface area contributed by atoms with Crippen molar-refractivity contribution in [3.05, 3.63) is 11.6 Å². The van der Waals surface area contributed by atoms with Crippen LogP contribution in [-0.2, 0) is 0 Å². The largest absolute Gasteiger partial charge is 0.0828 e. The molecule has 1 atom stereocenters. The average molecular weight is 168 g/mol. The van der Waals surface area contributed by atoms with E-state index >= 15 is 0 Å². The predicted molar refractivity (Wildman–Crippen MR) is 57.3 cm³/mol. The zero-order valence-electron chi connectivity index (χ0n) is 9.35. The van der Waals surface area contributed by atoms with E-state index in [-0.39, 0.29) is 0 Å². The maximum absolute atomic E-state index is 2.43. The first-order valence-electron chi connectivity index (χ1n) is 5.23. The summed E-state index contributed by atoms with van der Waals surface area (Å²) in [6.07, 6.45) is 6.30. The van der Waals surface area contributed by atoms with Gasteiger partial charge in [0.15, 0.2) is 0 Å². The van der Waals surface area contributed by atoms with Gasteiger partial charge in [-0.2, -0.15) is 0 Å². The van der Waals surface area contributed by atoms with Gasteiger partial charge in [0.25, 0.3) is 0 Å². The van der Waals surface area contributed by atoms with Gasteiger partial charge >= 0.3 is 0 Å². The Kier molecular flexibility index (Phi) is 6.14. The lowest BCUT2D eigenvalue weighted by Gasteiger charge is -2.10. The van der Waals surface area contributed by atoms with E-state index in [0.29, 0.717) is 0 Å². The third-order valence-electron chi connectivity index (χ3n) is 2.06. The summed E-state index contributed by atoms with van der Waals surface area (Å²) >= 11 is 0. The zero-order chi connectivity index (χ0) is 9.56. The van der Waals surface area contributed by atoms with Gasteiger partial charge in [0.2, 0.25) is 0 Å². The molecule has 12 heavy (non-hydrogen) atoms. The topological polar surface area (TPSA) is 0 Å². The van der Waals surface area contributed by atoms with Gasteiger partial charge in [-0.1, -0.05) is 45.8 Å². The smallest absolute Gasteiger partial charge is 0.0257 e. The van der Waals surface area contributed by atoms with Crippen LogP contribution in [0.2, 0.25) is 0 Å². The Morgan fingerprint density at radius 3 is 2.25 bits per heavy atom. The van der Waals surface area contributed by atoms with Crippen LogP contribution < -0.4 is 0 Å². The van der Waals surface area contributed by atoms with Crippen molar-refractivity contribution in [1.29, 1.82) is 0 Å². The third-order valence-corrected chi connectivity index (χ3v) is 2.06. The van der Waals surface area contributed by atoms with Crippen molar-refractivity contribution >= 4 is 0 Å². The van der Waals surface area contributed by atoms with Gasteiger partial charge in [-0.3, -0.25) is 0 Å². The van der Waals surface area contributed by atoms with E-state index in [1.807, 2.05) is 0 Å². The molecule has 0 heteroatoms. The molecule has 0 saturated carbocycles. The number of rotatable bonds is 5. The maximum atomic E-state index is 2.43. The Hall–Kier alpha value is -0.260. The summed E-state index contributed by atoms with van der Waals surface area (Å²) in [6, 6.07) is 0. The van der Waals surface area contributed by atoms with Crippen molar-refractivity contribution in [3.63, 3.8) is 0 Å². The lowest BCUT2D eigenvalue weighted by atomic mass is 9.96. The molecular weight excluding hydrogens is 144 g/mol. The third kappa shape index (κ3) is 6.45. The molecule has 0 aliphatic carbocycles. The van der Waals surface area contributed by atoms with Crippen LogP contribution in [0, 0.1) is 11.8 Å². The molecule has 0 bridgehead atoms. The second-order valence-corrected chi connectivity index (χ2v) is 4.37. The molecule has 0 N–H and O–H groups in total. The van der Waals surface area contributed by atoms with E-state index in [0.717, 1.165) is 11.8 Å². The van der Waals surface area contributed by atoms with Crippen molar-refractivity contribution < 1.29 is 0 Å². The molecule has 0 aromatic rings. The number of allylic oxidation sites excluding steroid dienone is 2. The Balaban J connectivity index is 3.78. The SMILES string of the molecule is CCCC(C)=CC(C)CC(C)C. The molecule has 0 fully saturated rings. The molecule has 0 spiro atoms. The van der Waals surface area contributed by atoms with Crippen molar-refractivity contribution in [1.82, 2.24) is 0 Å². The van der Waals surface area contributed by atoms with Crippen molar-refractivity contribution in [2.45, 2.75) is 53.9 Å². The van der Waals surface area contributed by atoms with E-state index in [2.05, 4.69) is 40.7 Å². The molecule has 0 rings (SSSR count). The first-order valence-corrected chi connectivity index (χ1v) is 5.23. The van der Waals surface area contributed by atoms with E-state index in [4.69, 9.17) is 0 Å². The van der Waals surface area contributed by atoms with E-state index in [1.54, 1.807) is 5.57 Å². The van der Waals surface area contributed by atoms with Crippen molar-refractivity contribution in [2.75, 3.05) is 0 Å². The molecule has 1 unspecified atom stereocenters. The summed E-state index contributed by atoms with van der Waals surface area (Å²) in [5.41, 5.74) is 1.56. The van der Waals surface area contributed by atoms with Crippen LogP contribution in [-0.4, -0.2) is 0 Å². The first-order chi connectivity index (χ1) is 5.56. The van der Waals surface area contributed by atoms with Crippen LogP contribution in [0.1, 0.15) is 53.9 Å². The van der Waals surface area contributed by atoms with Crippen LogP contribution >= 0.6 is 0 Å². The van der Waals surface area contributed by atoms with Gasteiger partial charge < -0.3 is 0 Å². The second kappa shape index (κ2) is 6.28. The summed E-state index contributed by atoms with van der Waals surface area (Å²) in [5.74, 6) is 1.59. The van der Waals surface area contributed by atoms with Gasteiger partial charge in [0.1, 0.15) is 0 Å². The minimum Gasteiger partial charge on any atom is -0.0828 e. The molecule has 0 saturated heterocycles. The summed E-state index contributed by atoms with van der Waals surface area (Å²) < 4.78 is 0. The molecule has 72 valence electrons. The molecule has 0 radical (unpaired) electrons. The van der Waals surface area contributed by atoms with Crippen molar-refractivity contribution in [3.8, 4) is 0 Å². The van der Waals surface area contributed by atoms with Crippen LogP contribution in [0.5, 0.6) is 0 Å². The predicted octanol–water partition coefficient (Wildman–Crippen LogP) is 4.42.